The van der Waals surface area contributed by atoms with E-state index >= 15 is 0 Å². The number of methoxy groups -OCH3 is 1. The molecule has 156 valence electrons. The van der Waals surface area contributed by atoms with Crippen molar-refractivity contribution in [2.45, 2.75) is 19.9 Å². The van der Waals surface area contributed by atoms with Gasteiger partial charge in [0.1, 0.15) is 23.3 Å². The lowest BCUT2D eigenvalue weighted by Crippen LogP contribution is -2.44. The monoisotopic (exact) mass is 410 g/mol. The van der Waals surface area contributed by atoms with Crippen LogP contribution in [0.3, 0.4) is 0 Å². The Hall–Kier alpha value is -3.68. The summed E-state index contributed by atoms with van der Waals surface area (Å²) in [5.74, 6) is -0.474. The number of amides is 2. The molecule has 30 heavy (non-hydrogen) atoms. The third kappa shape index (κ3) is 4.65. The minimum atomic E-state index is -0.718. The summed E-state index contributed by atoms with van der Waals surface area (Å²) in [6.45, 7) is 3.88. The fourth-order valence-electron chi connectivity index (χ4n) is 2.92. The zero-order valence-corrected chi connectivity index (χ0v) is 17.0. The third-order valence-electron chi connectivity index (χ3n) is 4.49. The standard InChI is InChI=1S/C22H23FN4O3/c1-4-24-21(28)14(2)25-22(29)19-13-27(17-10-8-16(23)9-11-17)26-20(19)15-6-5-7-18(12-15)30-3/h5-14H,4H2,1-3H3,(H,24,28)(H,25,29)/t14-/m0/s1. The van der Waals surface area contributed by atoms with E-state index in [-0.39, 0.29) is 17.3 Å². The first-order valence-electron chi connectivity index (χ1n) is 9.51. The van der Waals surface area contributed by atoms with E-state index in [1.807, 2.05) is 6.07 Å². The van der Waals surface area contributed by atoms with Crippen LogP contribution in [0.2, 0.25) is 0 Å². The molecule has 0 aliphatic rings. The highest BCUT2D eigenvalue weighted by Crippen LogP contribution is 2.27. The van der Waals surface area contributed by atoms with Gasteiger partial charge in [-0.3, -0.25) is 9.59 Å². The van der Waals surface area contributed by atoms with Crippen LogP contribution in [0.25, 0.3) is 16.9 Å². The molecule has 0 fully saturated rings. The van der Waals surface area contributed by atoms with E-state index < -0.39 is 11.9 Å². The highest BCUT2D eigenvalue weighted by molar-refractivity contribution is 6.02. The largest absolute Gasteiger partial charge is 0.497 e. The van der Waals surface area contributed by atoms with Crippen LogP contribution in [0, 0.1) is 5.82 Å². The van der Waals surface area contributed by atoms with Gasteiger partial charge in [-0.1, -0.05) is 12.1 Å². The van der Waals surface area contributed by atoms with Crippen LogP contribution < -0.4 is 15.4 Å². The summed E-state index contributed by atoms with van der Waals surface area (Å²) in [5, 5.41) is 9.91. The van der Waals surface area contributed by atoms with Crippen molar-refractivity contribution >= 4 is 11.8 Å². The number of benzene rings is 2. The van der Waals surface area contributed by atoms with Gasteiger partial charge in [0, 0.05) is 18.3 Å². The number of likely N-dealkylation sites (N-methyl/N-ethyl adjacent to an activating group) is 1. The fraction of sp³-hybridized carbons (Fsp3) is 0.227. The fourth-order valence-corrected chi connectivity index (χ4v) is 2.92. The van der Waals surface area contributed by atoms with Crippen molar-refractivity contribution in [1.82, 2.24) is 20.4 Å². The van der Waals surface area contributed by atoms with Gasteiger partial charge in [-0.25, -0.2) is 9.07 Å². The number of carbonyl (C=O) groups is 2. The van der Waals surface area contributed by atoms with E-state index in [2.05, 4.69) is 15.7 Å². The molecule has 2 N–H and O–H groups in total. The minimum absolute atomic E-state index is 0.278. The number of hydrogen-bond donors (Lipinski definition) is 2. The first kappa shape index (κ1) is 21.0. The predicted octanol–water partition coefficient (Wildman–Crippen LogP) is 2.94. The van der Waals surface area contributed by atoms with Crippen LogP contribution in [-0.2, 0) is 4.79 Å². The van der Waals surface area contributed by atoms with Gasteiger partial charge in [0.05, 0.1) is 18.4 Å². The molecule has 1 heterocycles. The highest BCUT2D eigenvalue weighted by Gasteiger charge is 2.22. The van der Waals surface area contributed by atoms with Gasteiger partial charge in [0.25, 0.3) is 5.91 Å². The van der Waals surface area contributed by atoms with Crippen LogP contribution in [0.15, 0.2) is 54.7 Å². The summed E-state index contributed by atoms with van der Waals surface area (Å²) >= 11 is 0. The Morgan fingerprint density at radius 1 is 1.20 bits per heavy atom. The minimum Gasteiger partial charge on any atom is -0.497 e. The zero-order valence-electron chi connectivity index (χ0n) is 17.0. The molecular formula is C22H23FN4O3. The maximum atomic E-state index is 13.3. The molecule has 3 rings (SSSR count). The number of nitrogens with one attached hydrogen (secondary N) is 2. The maximum Gasteiger partial charge on any atom is 0.255 e. The molecule has 1 atom stereocenters. The Balaban J connectivity index is 2.01. The second kappa shape index (κ2) is 9.21. The van der Waals surface area contributed by atoms with E-state index in [1.54, 1.807) is 57.5 Å². The summed E-state index contributed by atoms with van der Waals surface area (Å²) in [7, 11) is 1.55. The Kier molecular flexibility index (Phi) is 6.46. The van der Waals surface area contributed by atoms with Gasteiger partial charge in [-0.2, -0.15) is 5.10 Å². The van der Waals surface area contributed by atoms with E-state index in [1.165, 1.54) is 16.8 Å². The molecule has 0 spiro atoms. The maximum absolute atomic E-state index is 13.3. The number of carbonyl (C=O) groups excluding carboxylic acids is 2. The number of ether oxygens (including phenoxy) is 1. The molecule has 2 amide bonds. The predicted molar refractivity (Wildman–Crippen MR) is 111 cm³/mol. The lowest BCUT2D eigenvalue weighted by molar-refractivity contribution is -0.122. The van der Waals surface area contributed by atoms with Gasteiger partial charge in [-0.05, 0) is 50.2 Å². The second-order valence-electron chi connectivity index (χ2n) is 6.63. The number of hydrogen-bond acceptors (Lipinski definition) is 4. The Morgan fingerprint density at radius 2 is 1.93 bits per heavy atom. The number of aromatic nitrogens is 2. The van der Waals surface area contributed by atoms with E-state index in [0.717, 1.165) is 0 Å². The average Bonchev–Trinajstić information content (AvgIpc) is 3.20. The molecule has 8 heteroatoms. The topological polar surface area (TPSA) is 85.3 Å². The van der Waals surface area contributed by atoms with Gasteiger partial charge < -0.3 is 15.4 Å². The van der Waals surface area contributed by atoms with Crippen LogP contribution in [0.5, 0.6) is 5.75 Å². The first-order chi connectivity index (χ1) is 14.4. The average molecular weight is 410 g/mol. The SMILES string of the molecule is CCNC(=O)[C@H](C)NC(=O)c1cn(-c2ccc(F)cc2)nc1-c1cccc(OC)c1. The molecule has 0 bridgehead atoms. The summed E-state index contributed by atoms with van der Waals surface area (Å²) in [6, 6.07) is 12.2. The Bertz CT molecular complexity index is 1050. The molecule has 1 aromatic heterocycles. The van der Waals surface area contributed by atoms with Gasteiger partial charge in [0.15, 0.2) is 0 Å². The quantitative estimate of drug-likeness (QED) is 0.627. The third-order valence-corrected chi connectivity index (χ3v) is 4.49. The van der Waals surface area contributed by atoms with Crippen LogP contribution in [0.4, 0.5) is 4.39 Å². The molecule has 0 radical (unpaired) electrons. The van der Waals surface area contributed by atoms with Gasteiger partial charge in [0.2, 0.25) is 5.91 Å². The van der Waals surface area contributed by atoms with Crippen molar-refractivity contribution in [3.63, 3.8) is 0 Å². The molecule has 2 aromatic carbocycles. The van der Waals surface area contributed by atoms with Gasteiger partial charge in [-0.15, -0.1) is 0 Å². The molecular weight excluding hydrogens is 387 g/mol. The van der Waals surface area contributed by atoms with Gasteiger partial charge >= 0.3 is 0 Å². The van der Waals surface area contributed by atoms with Crippen molar-refractivity contribution in [3.8, 4) is 22.7 Å². The summed E-state index contributed by atoms with van der Waals surface area (Å²) in [6.07, 6.45) is 1.56. The molecule has 0 aliphatic heterocycles. The number of nitrogens with zero attached hydrogens (tertiary/aromatic N) is 2. The lowest BCUT2D eigenvalue weighted by Gasteiger charge is -2.13. The second-order valence-corrected chi connectivity index (χ2v) is 6.63. The molecule has 3 aromatic rings. The van der Waals surface area contributed by atoms with Crippen LogP contribution >= 0.6 is 0 Å². The summed E-state index contributed by atoms with van der Waals surface area (Å²) < 4.78 is 20.1. The normalized spacial score (nSPS) is 11.6. The van der Waals surface area contributed by atoms with Crippen molar-refractivity contribution < 1.29 is 18.7 Å². The molecule has 0 saturated heterocycles. The zero-order chi connectivity index (χ0) is 21.7. The highest BCUT2D eigenvalue weighted by atomic mass is 19.1. The molecule has 7 nitrogen and oxygen atoms in total. The first-order valence-corrected chi connectivity index (χ1v) is 9.51. The van der Waals surface area contributed by atoms with Crippen molar-refractivity contribution in [2.24, 2.45) is 0 Å². The molecule has 0 saturated carbocycles. The lowest BCUT2D eigenvalue weighted by atomic mass is 10.1. The Morgan fingerprint density at radius 3 is 2.60 bits per heavy atom. The van der Waals surface area contributed by atoms with E-state index in [9.17, 15) is 14.0 Å². The van der Waals surface area contributed by atoms with Crippen molar-refractivity contribution in [2.75, 3.05) is 13.7 Å². The summed E-state index contributed by atoms with van der Waals surface area (Å²) in [5.41, 5.74) is 1.96. The molecule has 0 aliphatic carbocycles. The smallest absolute Gasteiger partial charge is 0.255 e. The molecule has 0 unspecified atom stereocenters. The number of halogens is 1. The van der Waals surface area contributed by atoms with E-state index in [4.69, 9.17) is 4.74 Å². The van der Waals surface area contributed by atoms with Crippen LogP contribution in [-0.4, -0.2) is 41.3 Å². The van der Waals surface area contributed by atoms with Crippen molar-refractivity contribution in [1.29, 1.82) is 0 Å². The van der Waals surface area contributed by atoms with Crippen molar-refractivity contribution in [3.05, 3.63) is 66.1 Å². The Labute approximate surface area is 173 Å². The van der Waals surface area contributed by atoms with E-state index in [0.29, 0.717) is 29.2 Å². The number of rotatable bonds is 7. The summed E-state index contributed by atoms with van der Waals surface area (Å²) in [4.78, 5) is 25.0. The van der Waals surface area contributed by atoms with Crippen LogP contribution in [0.1, 0.15) is 24.2 Å².